The van der Waals surface area contributed by atoms with Crippen molar-refractivity contribution in [1.29, 1.82) is 0 Å². The number of hydrogen-bond donors (Lipinski definition) is 1. The van der Waals surface area contributed by atoms with Crippen LogP contribution in [0.5, 0.6) is 0 Å². The van der Waals surface area contributed by atoms with Gasteiger partial charge in [-0.05, 0) is 32.9 Å². The normalized spacial score (nSPS) is 20.5. The minimum absolute atomic E-state index is 0.133. The lowest BCUT2D eigenvalue weighted by molar-refractivity contribution is -0.138. The predicted octanol–water partition coefficient (Wildman–Crippen LogP) is 2.64. The van der Waals surface area contributed by atoms with Crippen LogP contribution in [0.25, 0.3) is 0 Å². The molecule has 2 rings (SSSR count). The number of carboxylic acids is 1. The van der Waals surface area contributed by atoms with Crippen LogP contribution in [0.1, 0.15) is 49.7 Å². The Morgan fingerprint density at radius 2 is 2.27 bits per heavy atom. The summed E-state index contributed by atoms with van der Waals surface area (Å²) in [5, 5.41) is 12.3. The van der Waals surface area contributed by atoms with Crippen molar-refractivity contribution in [2.24, 2.45) is 0 Å². The van der Waals surface area contributed by atoms with Gasteiger partial charge in [-0.1, -0.05) is 13.8 Å². The molecule has 0 radical (unpaired) electrons. The summed E-state index contributed by atoms with van der Waals surface area (Å²) in [6, 6.07) is 0.378. The molecule has 22 heavy (non-hydrogen) atoms. The van der Waals surface area contributed by atoms with E-state index in [4.69, 9.17) is 10.1 Å². The zero-order chi connectivity index (χ0) is 16.1. The number of aromatic nitrogens is 1. The zero-order valence-electron chi connectivity index (χ0n) is 13.8. The molecular formula is C16H27N3O2S. The molecule has 1 saturated heterocycles. The Bertz CT molecular complexity index is 489. The molecule has 0 aromatic carbocycles. The first-order chi connectivity index (χ1) is 10.5. The summed E-state index contributed by atoms with van der Waals surface area (Å²) >= 11 is 1.75. The van der Waals surface area contributed by atoms with Crippen molar-refractivity contribution in [2.75, 3.05) is 26.7 Å². The molecule has 0 saturated carbocycles. The number of carbonyl (C=O) groups is 1. The summed E-state index contributed by atoms with van der Waals surface area (Å²) in [7, 11) is 1.92. The van der Waals surface area contributed by atoms with Crippen LogP contribution in [0, 0.1) is 0 Å². The fraction of sp³-hybridized carbons (Fsp3) is 0.750. The zero-order valence-corrected chi connectivity index (χ0v) is 14.6. The molecule has 0 amide bonds. The van der Waals surface area contributed by atoms with E-state index in [1.807, 2.05) is 11.9 Å². The number of likely N-dealkylation sites (tertiary alicyclic amines) is 1. The van der Waals surface area contributed by atoms with Crippen LogP contribution in [0.2, 0.25) is 0 Å². The van der Waals surface area contributed by atoms with Gasteiger partial charge in [0.1, 0.15) is 0 Å². The Morgan fingerprint density at radius 1 is 1.50 bits per heavy atom. The van der Waals surface area contributed by atoms with Gasteiger partial charge in [-0.25, -0.2) is 4.98 Å². The summed E-state index contributed by atoms with van der Waals surface area (Å²) in [5.41, 5.74) is 1.17. The summed E-state index contributed by atoms with van der Waals surface area (Å²) in [4.78, 5) is 20.0. The Labute approximate surface area is 137 Å². The van der Waals surface area contributed by atoms with Gasteiger partial charge >= 0.3 is 5.97 Å². The number of likely N-dealkylation sites (N-methyl/N-ethyl adjacent to an activating group) is 1. The second-order valence-electron chi connectivity index (χ2n) is 6.50. The Hall–Kier alpha value is -0.980. The van der Waals surface area contributed by atoms with E-state index >= 15 is 0 Å². The average molecular weight is 325 g/mol. The SMILES string of the molecule is CC(C)c1nc(CN2CCCC(N(C)CC(=O)O)CC2)cs1. The second-order valence-corrected chi connectivity index (χ2v) is 7.39. The van der Waals surface area contributed by atoms with Crippen molar-refractivity contribution in [1.82, 2.24) is 14.8 Å². The number of rotatable bonds is 6. The maximum atomic E-state index is 10.8. The van der Waals surface area contributed by atoms with E-state index in [1.165, 1.54) is 10.7 Å². The molecular weight excluding hydrogens is 298 g/mol. The van der Waals surface area contributed by atoms with Crippen molar-refractivity contribution in [3.63, 3.8) is 0 Å². The molecule has 0 bridgehead atoms. The van der Waals surface area contributed by atoms with Crippen molar-refractivity contribution in [3.8, 4) is 0 Å². The molecule has 0 aliphatic carbocycles. The van der Waals surface area contributed by atoms with Crippen molar-refractivity contribution in [3.05, 3.63) is 16.1 Å². The molecule has 1 aromatic rings. The quantitative estimate of drug-likeness (QED) is 0.871. The molecule has 2 heterocycles. The van der Waals surface area contributed by atoms with Crippen LogP contribution in [0.15, 0.2) is 5.38 Å². The van der Waals surface area contributed by atoms with Gasteiger partial charge in [0.05, 0.1) is 17.2 Å². The Morgan fingerprint density at radius 3 is 2.91 bits per heavy atom. The molecule has 1 fully saturated rings. The van der Waals surface area contributed by atoms with Crippen molar-refractivity contribution in [2.45, 2.75) is 51.6 Å². The molecule has 1 aliphatic rings. The van der Waals surface area contributed by atoms with Gasteiger partial charge in [0, 0.05) is 30.4 Å². The van der Waals surface area contributed by atoms with E-state index in [-0.39, 0.29) is 6.54 Å². The fourth-order valence-electron chi connectivity index (χ4n) is 2.97. The lowest BCUT2D eigenvalue weighted by atomic mass is 10.1. The van der Waals surface area contributed by atoms with Gasteiger partial charge in [0.15, 0.2) is 0 Å². The molecule has 0 spiro atoms. The standard InChI is InChI=1S/C16H27N3O2S/c1-12(2)16-17-13(11-22-16)9-19-7-4-5-14(6-8-19)18(3)10-15(20)21/h11-12,14H,4-10H2,1-3H3,(H,20,21). The molecule has 1 unspecified atom stereocenters. The monoisotopic (exact) mass is 325 g/mol. The summed E-state index contributed by atoms with van der Waals surface area (Å²) in [6.07, 6.45) is 3.23. The van der Waals surface area contributed by atoms with Crippen LogP contribution in [0.4, 0.5) is 0 Å². The largest absolute Gasteiger partial charge is 0.480 e. The predicted molar refractivity (Wildman–Crippen MR) is 89.4 cm³/mol. The maximum absolute atomic E-state index is 10.8. The Balaban J connectivity index is 1.85. The highest BCUT2D eigenvalue weighted by atomic mass is 32.1. The smallest absolute Gasteiger partial charge is 0.317 e. The summed E-state index contributed by atoms with van der Waals surface area (Å²) in [6.45, 7) is 7.50. The van der Waals surface area contributed by atoms with Crippen LogP contribution < -0.4 is 0 Å². The van der Waals surface area contributed by atoms with Gasteiger partial charge < -0.3 is 5.11 Å². The molecule has 6 heteroatoms. The average Bonchev–Trinajstić information content (AvgIpc) is 2.77. The van der Waals surface area contributed by atoms with Gasteiger partial charge in [0.2, 0.25) is 0 Å². The highest BCUT2D eigenvalue weighted by molar-refractivity contribution is 7.09. The van der Waals surface area contributed by atoms with Gasteiger partial charge in [-0.15, -0.1) is 11.3 Å². The van der Waals surface area contributed by atoms with Crippen LogP contribution in [-0.2, 0) is 11.3 Å². The summed E-state index contributed by atoms with van der Waals surface area (Å²) in [5.74, 6) is -0.246. The van der Waals surface area contributed by atoms with E-state index in [0.717, 1.165) is 38.9 Å². The first-order valence-electron chi connectivity index (χ1n) is 8.04. The number of thiazole rings is 1. The fourth-order valence-corrected chi connectivity index (χ4v) is 3.80. The lowest BCUT2D eigenvalue weighted by Gasteiger charge is -2.25. The summed E-state index contributed by atoms with van der Waals surface area (Å²) < 4.78 is 0. The second kappa shape index (κ2) is 8.04. The van der Waals surface area contributed by atoms with E-state index in [2.05, 4.69) is 24.1 Å². The maximum Gasteiger partial charge on any atom is 0.317 e. The third-order valence-corrected chi connectivity index (χ3v) is 5.44. The van der Waals surface area contributed by atoms with Gasteiger partial charge in [-0.3, -0.25) is 14.6 Å². The van der Waals surface area contributed by atoms with E-state index < -0.39 is 5.97 Å². The van der Waals surface area contributed by atoms with E-state index in [1.54, 1.807) is 11.3 Å². The third-order valence-electron chi connectivity index (χ3n) is 4.25. The Kier molecular flexibility index (Phi) is 6.35. The minimum atomic E-state index is -0.743. The molecule has 1 aliphatic heterocycles. The van der Waals surface area contributed by atoms with E-state index in [9.17, 15) is 4.79 Å². The third kappa shape index (κ3) is 5.04. The van der Waals surface area contributed by atoms with Crippen molar-refractivity contribution >= 4 is 17.3 Å². The molecule has 1 aromatic heterocycles. The first-order valence-corrected chi connectivity index (χ1v) is 8.92. The number of nitrogens with zero attached hydrogens (tertiary/aromatic N) is 3. The number of carboxylic acid groups (broad SMARTS) is 1. The topological polar surface area (TPSA) is 56.7 Å². The number of aliphatic carboxylic acids is 1. The lowest BCUT2D eigenvalue weighted by Crippen LogP contribution is -2.36. The van der Waals surface area contributed by atoms with Gasteiger partial charge in [0.25, 0.3) is 0 Å². The molecule has 1 N–H and O–H groups in total. The molecule has 5 nitrogen and oxygen atoms in total. The minimum Gasteiger partial charge on any atom is -0.480 e. The number of hydrogen-bond acceptors (Lipinski definition) is 5. The van der Waals surface area contributed by atoms with Crippen LogP contribution in [-0.4, -0.2) is 58.6 Å². The molecule has 1 atom stereocenters. The highest BCUT2D eigenvalue weighted by Crippen LogP contribution is 2.22. The molecule has 124 valence electrons. The van der Waals surface area contributed by atoms with Crippen LogP contribution in [0.3, 0.4) is 0 Å². The van der Waals surface area contributed by atoms with Gasteiger partial charge in [-0.2, -0.15) is 0 Å². The van der Waals surface area contributed by atoms with Crippen molar-refractivity contribution < 1.29 is 9.90 Å². The highest BCUT2D eigenvalue weighted by Gasteiger charge is 2.22. The first kappa shape index (κ1) is 17.4. The van der Waals surface area contributed by atoms with E-state index in [0.29, 0.717) is 12.0 Å². The van der Waals surface area contributed by atoms with Crippen LogP contribution >= 0.6 is 11.3 Å².